The van der Waals surface area contributed by atoms with E-state index in [1.54, 1.807) is 6.92 Å². The number of pyridine rings is 1. The summed E-state index contributed by atoms with van der Waals surface area (Å²) in [4.78, 5) is 18.2. The van der Waals surface area contributed by atoms with Gasteiger partial charge in [-0.1, -0.05) is 13.8 Å². The highest BCUT2D eigenvalue weighted by molar-refractivity contribution is 5.72. The number of carbonyl (C=O) groups excluding carboxylic acids is 1. The van der Waals surface area contributed by atoms with Crippen LogP contribution in [0.2, 0.25) is 0 Å². The molecule has 0 aliphatic carbocycles. The Kier molecular flexibility index (Phi) is 4.86. The van der Waals surface area contributed by atoms with Gasteiger partial charge in [0.05, 0.1) is 11.4 Å². The van der Waals surface area contributed by atoms with Gasteiger partial charge in [-0.2, -0.15) is 0 Å². The van der Waals surface area contributed by atoms with Gasteiger partial charge in [0.1, 0.15) is 0 Å². The van der Waals surface area contributed by atoms with Crippen molar-refractivity contribution in [3.05, 3.63) is 23.5 Å². The summed E-state index contributed by atoms with van der Waals surface area (Å²) in [5.74, 6) is 0.968. The standard InChI is InChI=1S/C17H27N3O/c1-11(2)15-7-17-16(19-9-15)6-14(8-18-13(5)21)10-20(17)12(3)4/h7,9,11-12,14H,6,8,10H2,1-5H3,(H,18,21). The molecule has 0 radical (unpaired) electrons. The number of amides is 1. The second-order valence-corrected chi connectivity index (χ2v) is 6.64. The quantitative estimate of drug-likeness (QED) is 0.927. The van der Waals surface area contributed by atoms with Crippen LogP contribution in [0.4, 0.5) is 5.69 Å². The lowest BCUT2D eigenvalue weighted by atomic mass is 9.93. The fraction of sp³-hybridized carbons (Fsp3) is 0.647. The van der Waals surface area contributed by atoms with Crippen molar-refractivity contribution in [3.63, 3.8) is 0 Å². The number of rotatable bonds is 4. The summed E-state index contributed by atoms with van der Waals surface area (Å²) in [6.07, 6.45) is 2.94. The van der Waals surface area contributed by atoms with Crippen molar-refractivity contribution in [2.24, 2.45) is 5.92 Å². The van der Waals surface area contributed by atoms with Crippen LogP contribution in [0.3, 0.4) is 0 Å². The molecule has 1 aromatic heterocycles. The van der Waals surface area contributed by atoms with Gasteiger partial charge in [-0.3, -0.25) is 9.78 Å². The maximum atomic E-state index is 11.1. The lowest BCUT2D eigenvalue weighted by molar-refractivity contribution is -0.119. The van der Waals surface area contributed by atoms with Crippen LogP contribution in [0.15, 0.2) is 12.3 Å². The first-order valence-electron chi connectivity index (χ1n) is 7.88. The number of hydrogen-bond acceptors (Lipinski definition) is 3. The van der Waals surface area contributed by atoms with Gasteiger partial charge >= 0.3 is 0 Å². The molecule has 1 atom stereocenters. The predicted molar refractivity (Wildman–Crippen MR) is 86.7 cm³/mol. The highest BCUT2D eigenvalue weighted by Gasteiger charge is 2.27. The Labute approximate surface area is 127 Å². The van der Waals surface area contributed by atoms with Gasteiger partial charge in [0.25, 0.3) is 0 Å². The van der Waals surface area contributed by atoms with Crippen LogP contribution in [-0.4, -0.2) is 30.0 Å². The van der Waals surface area contributed by atoms with Crippen molar-refractivity contribution in [2.75, 3.05) is 18.0 Å². The largest absolute Gasteiger partial charge is 0.367 e. The molecule has 1 unspecified atom stereocenters. The van der Waals surface area contributed by atoms with Crippen molar-refractivity contribution in [3.8, 4) is 0 Å². The average molecular weight is 289 g/mol. The molecule has 0 saturated carbocycles. The Hall–Kier alpha value is -1.58. The minimum absolute atomic E-state index is 0.0417. The van der Waals surface area contributed by atoms with E-state index in [1.165, 1.54) is 11.3 Å². The van der Waals surface area contributed by atoms with E-state index in [4.69, 9.17) is 4.98 Å². The van der Waals surface area contributed by atoms with Crippen molar-refractivity contribution in [1.82, 2.24) is 10.3 Å². The topological polar surface area (TPSA) is 45.2 Å². The fourth-order valence-electron chi connectivity index (χ4n) is 2.85. The van der Waals surface area contributed by atoms with E-state index >= 15 is 0 Å². The summed E-state index contributed by atoms with van der Waals surface area (Å²) >= 11 is 0. The normalized spacial score (nSPS) is 18.0. The highest BCUT2D eigenvalue weighted by Crippen LogP contribution is 2.32. The molecule has 1 aromatic rings. The van der Waals surface area contributed by atoms with E-state index < -0.39 is 0 Å². The van der Waals surface area contributed by atoms with Crippen molar-refractivity contribution in [1.29, 1.82) is 0 Å². The Morgan fingerprint density at radius 1 is 1.43 bits per heavy atom. The van der Waals surface area contributed by atoms with E-state index in [1.807, 2.05) is 6.20 Å². The average Bonchev–Trinajstić information content (AvgIpc) is 2.43. The van der Waals surface area contributed by atoms with Crippen molar-refractivity contribution < 1.29 is 4.79 Å². The van der Waals surface area contributed by atoms with Gasteiger partial charge in [-0.05, 0) is 43.7 Å². The molecule has 1 aliphatic heterocycles. The number of carbonyl (C=O) groups is 1. The SMILES string of the molecule is CC(=O)NCC1Cc2ncc(C(C)C)cc2N(C(C)C)C1. The van der Waals surface area contributed by atoms with Crippen LogP contribution in [0.5, 0.6) is 0 Å². The Morgan fingerprint density at radius 3 is 2.71 bits per heavy atom. The van der Waals surface area contributed by atoms with Crippen molar-refractivity contribution >= 4 is 11.6 Å². The molecular formula is C17H27N3O. The number of aromatic nitrogens is 1. The first-order chi connectivity index (χ1) is 9.88. The molecule has 4 nitrogen and oxygen atoms in total. The van der Waals surface area contributed by atoms with Crippen LogP contribution in [-0.2, 0) is 11.2 Å². The summed E-state index contributed by atoms with van der Waals surface area (Å²) in [6, 6.07) is 2.73. The van der Waals surface area contributed by atoms with Crippen LogP contribution in [0, 0.1) is 5.92 Å². The molecule has 1 amide bonds. The summed E-state index contributed by atoms with van der Waals surface area (Å²) in [7, 11) is 0. The van der Waals surface area contributed by atoms with E-state index in [0.717, 1.165) is 25.2 Å². The van der Waals surface area contributed by atoms with Crippen LogP contribution in [0.1, 0.15) is 51.8 Å². The third-order valence-electron chi connectivity index (χ3n) is 4.14. The summed E-state index contributed by atoms with van der Waals surface area (Å²) < 4.78 is 0. The van der Waals surface area contributed by atoms with E-state index in [-0.39, 0.29) is 5.91 Å². The lowest BCUT2D eigenvalue weighted by Gasteiger charge is -2.38. The third kappa shape index (κ3) is 3.74. The molecular weight excluding hydrogens is 262 g/mol. The number of nitrogens with one attached hydrogen (secondary N) is 1. The van der Waals surface area contributed by atoms with E-state index in [2.05, 4.69) is 44.0 Å². The Bertz CT molecular complexity index is 511. The summed E-state index contributed by atoms with van der Waals surface area (Å²) in [5.41, 5.74) is 3.73. The van der Waals surface area contributed by atoms with Crippen LogP contribution >= 0.6 is 0 Å². The zero-order chi connectivity index (χ0) is 15.6. The minimum atomic E-state index is 0.0417. The Balaban J connectivity index is 2.25. The highest BCUT2D eigenvalue weighted by atomic mass is 16.1. The van der Waals surface area contributed by atoms with Gasteiger partial charge in [0.15, 0.2) is 0 Å². The number of fused-ring (bicyclic) bond motifs is 1. The molecule has 0 spiro atoms. The van der Waals surface area contributed by atoms with Crippen molar-refractivity contribution in [2.45, 2.75) is 53.0 Å². The molecule has 0 saturated heterocycles. The first kappa shape index (κ1) is 15.8. The third-order valence-corrected chi connectivity index (χ3v) is 4.14. The smallest absolute Gasteiger partial charge is 0.216 e. The van der Waals surface area contributed by atoms with Crippen LogP contribution in [0.25, 0.3) is 0 Å². The molecule has 116 valence electrons. The van der Waals surface area contributed by atoms with Gasteiger partial charge in [-0.15, -0.1) is 0 Å². The summed E-state index contributed by atoms with van der Waals surface area (Å²) in [6.45, 7) is 12.1. The monoisotopic (exact) mass is 289 g/mol. The maximum absolute atomic E-state index is 11.1. The molecule has 0 bridgehead atoms. The minimum Gasteiger partial charge on any atom is -0.367 e. The fourth-order valence-corrected chi connectivity index (χ4v) is 2.85. The van der Waals surface area contributed by atoms with Gasteiger partial charge in [0.2, 0.25) is 5.91 Å². The second-order valence-electron chi connectivity index (χ2n) is 6.64. The molecule has 1 N–H and O–H groups in total. The molecule has 2 heterocycles. The summed E-state index contributed by atoms with van der Waals surface area (Å²) in [5, 5.41) is 2.94. The molecule has 21 heavy (non-hydrogen) atoms. The molecule has 1 aliphatic rings. The number of nitrogens with zero attached hydrogens (tertiary/aromatic N) is 2. The number of anilines is 1. The molecule has 4 heteroatoms. The second kappa shape index (κ2) is 6.46. The molecule has 2 rings (SSSR count). The maximum Gasteiger partial charge on any atom is 0.216 e. The van der Waals surface area contributed by atoms with Gasteiger partial charge in [0, 0.05) is 32.3 Å². The van der Waals surface area contributed by atoms with Gasteiger partial charge < -0.3 is 10.2 Å². The number of hydrogen-bond donors (Lipinski definition) is 1. The molecule has 0 aromatic carbocycles. The molecule has 0 fully saturated rings. The lowest BCUT2D eigenvalue weighted by Crippen LogP contribution is -2.44. The first-order valence-corrected chi connectivity index (χ1v) is 7.88. The van der Waals surface area contributed by atoms with E-state index in [9.17, 15) is 4.79 Å². The van der Waals surface area contributed by atoms with Crippen LogP contribution < -0.4 is 10.2 Å². The van der Waals surface area contributed by atoms with E-state index in [0.29, 0.717) is 17.9 Å². The zero-order valence-electron chi connectivity index (χ0n) is 13.8. The Morgan fingerprint density at radius 2 is 2.14 bits per heavy atom. The van der Waals surface area contributed by atoms with Gasteiger partial charge in [-0.25, -0.2) is 0 Å². The predicted octanol–water partition coefficient (Wildman–Crippen LogP) is 2.73. The zero-order valence-corrected chi connectivity index (χ0v) is 13.8.